The fourth-order valence-corrected chi connectivity index (χ4v) is 2.00. The second-order valence-corrected chi connectivity index (χ2v) is 4.22. The zero-order valence-electron chi connectivity index (χ0n) is 9.92. The summed E-state index contributed by atoms with van der Waals surface area (Å²) in [5.41, 5.74) is 0.540. The van der Waals surface area contributed by atoms with Crippen LogP contribution < -0.4 is 5.32 Å². The van der Waals surface area contributed by atoms with E-state index in [9.17, 15) is 10.1 Å². The molecule has 0 aliphatic carbocycles. The second-order valence-electron chi connectivity index (χ2n) is 4.22. The molecular formula is C12H13N3O3. The summed E-state index contributed by atoms with van der Waals surface area (Å²) in [6, 6.07) is 6.49. The fourth-order valence-electron chi connectivity index (χ4n) is 2.00. The molecule has 0 amide bonds. The Morgan fingerprint density at radius 3 is 2.94 bits per heavy atom. The number of ether oxygens (including phenoxy) is 1. The summed E-state index contributed by atoms with van der Waals surface area (Å²) in [5.74, 6) is 0. The van der Waals surface area contributed by atoms with Crippen LogP contribution in [0.25, 0.3) is 0 Å². The van der Waals surface area contributed by atoms with Crippen LogP contribution in [0.5, 0.6) is 0 Å². The van der Waals surface area contributed by atoms with Crippen molar-refractivity contribution in [3.63, 3.8) is 0 Å². The highest BCUT2D eigenvalue weighted by molar-refractivity contribution is 5.59. The lowest BCUT2D eigenvalue weighted by Crippen LogP contribution is -2.26. The van der Waals surface area contributed by atoms with Gasteiger partial charge in [-0.15, -0.1) is 0 Å². The summed E-state index contributed by atoms with van der Waals surface area (Å²) in [5, 5.41) is 22.8. The molecule has 94 valence electrons. The molecule has 0 bridgehead atoms. The van der Waals surface area contributed by atoms with Crippen LogP contribution in [0.15, 0.2) is 18.2 Å². The van der Waals surface area contributed by atoms with Crippen molar-refractivity contribution in [2.45, 2.75) is 25.5 Å². The average Bonchev–Trinajstić information content (AvgIpc) is 2.75. The molecule has 18 heavy (non-hydrogen) atoms. The summed E-state index contributed by atoms with van der Waals surface area (Å²) >= 11 is 0. The van der Waals surface area contributed by atoms with Crippen LogP contribution >= 0.6 is 0 Å². The molecule has 6 nitrogen and oxygen atoms in total. The number of hydrogen-bond donors (Lipinski definition) is 1. The molecule has 1 aliphatic rings. The number of nitrogens with one attached hydrogen (secondary N) is 1. The third kappa shape index (κ3) is 2.41. The van der Waals surface area contributed by atoms with Gasteiger partial charge < -0.3 is 10.1 Å². The van der Waals surface area contributed by atoms with Crippen LogP contribution in [0.4, 0.5) is 11.4 Å². The lowest BCUT2D eigenvalue weighted by Gasteiger charge is -2.17. The summed E-state index contributed by atoms with van der Waals surface area (Å²) in [6.07, 6.45) is 0.953. The lowest BCUT2D eigenvalue weighted by atomic mass is 10.1. The minimum Gasteiger partial charge on any atom is -0.379 e. The zero-order chi connectivity index (χ0) is 13.1. The number of hydrogen-bond acceptors (Lipinski definition) is 5. The summed E-state index contributed by atoms with van der Waals surface area (Å²) < 4.78 is 5.41. The molecule has 2 rings (SSSR count). The highest BCUT2D eigenvalue weighted by Crippen LogP contribution is 2.25. The topological polar surface area (TPSA) is 88.2 Å². The molecule has 2 unspecified atom stereocenters. The van der Waals surface area contributed by atoms with Crippen molar-refractivity contribution < 1.29 is 9.66 Å². The van der Waals surface area contributed by atoms with Gasteiger partial charge in [0.05, 0.1) is 17.1 Å². The molecule has 0 radical (unpaired) electrons. The smallest absolute Gasteiger partial charge is 0.289 e. The first-order valence-corrected chi connectivity index (χ1v) is 5.68. The van der Waals surface area contributed by atoms with Crippen LogP contribution in [-0.2, 0) is 4.74 Å². The quantitative estimate of drug-likeness (QED) is 0.652. The Bertz CT molecular complexity index is 510. The van der Waals surface area contributed by atoms with E-state index in [1.165, 1.54) is 12.1 Å². The van der Waals surface area contributed by atoms with E-state index in [2.05, 4.69) is 5.32 Å². The Morgan fingerprint density at radius 1 is 1.61 bits per heavy atom. The van der Waals surface area contributed by atoms with E-state index < -0.39 is 4.92 Å². The summed E-state index contributed by atoms with van der Waals surface area (Å²) in [4.78, 5) is 10.3. The van der Waals surface area contributed by atoms with E-state index in [1.807, 2.05) is 13.0 Å². The van der Waals surface area contributed by atoms with Crippen molar-refractivity contribution in [1.29, 1.82) is 5.26 Å². The maximum Gasteiger partial charge on any atom is 0.289 e. The SMILES string of the molecule is CC1OCCC1Nc1ccc(C#N)c([N+](=O)[O-])c1. The number of benzene rings is 1. The molecule has 0 aromatic heterocycles. The molecule has 1 aromatic rings. The normalized spacial score (nSPS) is 22.4. The Hall–Kier alpha value is -2.13. The van der Waals surface area contributed by atoms with Crippen LogP contribution in [0, 0.1) is 21.4 Å². The van der Waals surface area contributed by atoms with Crippen LogP contribution in [0.3, 0.4) is 0 Å². The Kier molecular flexibility index (Phi) is 3.44. The van der Waals surface area contributed by atoms with Crippen molar-refractivity contribution in [3.8, 4) is 6.07 Å². The monoisotopic (exact) mass is 247 g/mol. The van der Waals surface area contributed by atoms with Crippen molar-refractivity contribution in [1.82, 2.24) is 0 Å². The number of nitriles is 1. The Labute approximate surface area is 104 Å². The zero-order valence-corrected chi connectivity index (χ0v) is 9.92. The van der Waals surface area contributed by atoms with Gasteiger partial charge in [0.25, 0.3) is 5.69 Å². The van der Waals surface area contributed by atoms with Crippen LogP contribution in [0.1, 0.15) is 18.9 Å². The van der Waals surface area contributed by atoms with E-state index >= 15 is 0 Å². The fraction of sp³-hybridized carbons (Fsp3) is 0.417. The van der Waals surface area contributed by atoms with Crippen LogP contribution in [0.2, 0.25) is 0 Å². The molecule has 1 saturated heterocycles. The molecule has 1 fully saturated rings. The lowest BCUT2D eigenvalue weighted by molar-refractivity contribution is -0.385. The van der Waals surface area contributed by atoms with E-state index in [-0.39, 0.29) is 23.4 Å². The van der Waals surface area contributed by atoms with Gasteiger partial charge in [0.1, 0.15) is 11.6 Å². The predicted octanol–water partition coefficient (Wildman–Crippen LogP) is 2.06. The van der Waals surface area contributed by atoms with E-state index in [4.69, 9.17) is 10.00 Å². The second kappa shape index (κ2) is 5.02. The van der Waals surface area contributed by atoms with Crippen molar-refractivity contribution >= 4 is 11.4 Å². The highest BCUT2D eigenvalue weighted by Gasteiger charge is 2.24. The number of rotatable bonds is 3. The van der Waals surface area contributed by atoms with Gasteiger partial charge in [-0.1, -0.05) is 0 Å². The number of nitro groups is 1. The molecule has 2 atom stereocenters. The van der Waals surface area contributed by atoms with Crippen LogP contribution in [-0.4, -0.2) is 23.7 Å². The first-order valence-electron chi connectivity index (χ1n) is 5.68. The Morgan fingerprint density at radius 2 is 2.39 bits per heavy atom. The largest absolute Gasteiger partial charge is 0.379 e. The molecule has 0 spiro atoms. The van der Waals surface area contributed by atoms with Crippen molar-refractivity contribution in [2.75, 3.05) is 11.9 Å². The van der Waals surface area contributed by atoms with Gasteiger partial charge in [0, 0.05) is 18.4 Å². The third-order valence-corrected chi connectivity index (χ3v) is 3.04. The summed E-state index contributed by atoms with van der Waals surface area (Å²) in [6.45, 7) is 2.65. The Balaban J connectivity index is 2.22. The molecule has 1 aliphatic heterocycles. The number of nitrogens with zero attached hydrogens (tertiary/aromatic N) is 2. The third-order valence-electron chi connectivity index (χ3n) is 3.04. The van der Waals surface area contributed by atoms with Gasteiger partial charge in [-0.2, -0.15) is 5.26 Å². The maximum atomic E-state index is 10.8. The molecule has 1 aromatic carbocycles. The van der Waals surface area contributed by atoms with Crippen molar-refractivity contribution in [2.24, 2.45) is 0 Å². The molecule has 6 heteroatoms. The first kappa shape index (κ1) is 12.3. The average molecular weight is 247 g/mol. The predicted molar refractivity (Wildman–Crippen MR) is 65.3 cm³/mol. The minimum absolute atomic E-state index is 0.0706. The van der Waals surface area contributed by atoms with Gasteiger partial charge in [0.2, 0.25) is 0 Å². The first-order chi connectivity index (χ1) is 8.61. The van der Waals surface area contributed by atoms with Gasteiger partial charge in [-0.3, -0.25) is 10.1 Å². The standard InChI is InChI=1S/C12H13N3O3/c1-8-11(4-5-18-8)14-10-3-2-9(7-13)12(6-10)15(16)17/h2-3,6,8,11,14H,4-5H2,1H3. The van der Waals surface area contributed by atoms with Gasteiger partial charge in [-0.25, -0.2) is 0 Å². The van der Waals surface area contributed by atoms with Gasteiger partial charge in [-0.05, 0) is 25.5 Å². The van der Waals surface area contributed by atoms with E-state index in [1.54, 1.807) is 6.07 Å². The molecule has 0 saturated carbocycles. The summed E-state index contributed by atoms with van der Waals surface area (Å²) in [7, 11) is 0. The van der Waals surface area contributed by atoms with Gasteiger partial charge >= 0.3 is 0 Å². The molecule has 1 heterocycles. The number of nitro benzene ring substituents is 1. The van der Waals surface area contributed by atoms with E-state index in [0.717, 1.165) is 6.42 Å². The maximum absolute atomic E-state index is 10.8. The number of anilines is 1. The molecule has 1 N–H and O–H groups in total. The van der Waals surface area contributed by atoms with Gasteiger partial charge in [0.15, 0.2) is 0 Å². The minimum atomic E-state index is -0.543. The molecular weight excluding hydrogens is 234 g/mol. The highest BCUT2D eigenvalue weighted by atomic mass is 16.6. The van der Waals surface area contributed by atoms with E-state index in [0.29, 0.717) is 12.3 Å². The van der Waals surface area contributed by atoms with Crippen molar-refractivity contribution in [3.05, 3.63) is 33.9 Å².